The molecule has 0 N–H and O–H groups in total. The minimum Gasteiger partial charge on any atom is -0.457 e. The molecule has 0 radical (unpaired) electrons. The Bertz CT molecular complexity index is 201. The fraction of sp³-hybridized carbons (Fsp3) is 0.667. The van der Waals surface area contributed by atoms with E-state index in [0.717, 1.165) is 0 Å². The van der Waals surface area contributed by atoms with Gasteiger partial charge in [-0.3, -0.25) is 0 Å². The van der Waals surface area contributed by atoms with E-state index < -0.39 is 9.28 Å². The van der Waals surface area contributed by atoms with Crippen molar-refractivity contribution >= 4 is 15.3 Å². The molecule has 1 atom stereocenters. The fourth-order valence-corrected chi connectivity index (χ4v) is 2.39. The molecule has 0 aliphatic carbocycles. The first-order valence-electron chi connectivity index (χ1n) is 4.48. The Morgan fingerprint density at radius 3 is 2.21 bits per heavy atom. The van der Waals surface area contributed by atoms with E-state index in [0.29, 0.717) is 12.0 Å². The van der Waals surface area contributed by atoms with Gasteiger partial charge in [0.1, 0.15) is 5.73 Å². The Morgan fingerprint density at radius 1 is 1.43 bits per heavy atom. The van der Waals surface area contributed by atoms with Crippen molar-refractivity contribution in [1.29, 1.82) is 0 Å². The number of rotatable bonds is 6. The molecular formula is C9H18O4Si. The molecule has 0 fully saturated rings. The summed E-state index contributed by atoms with van der Waals surface area (Å²) >= 11 is 0. The standard InChI is InChI=1S/C9H18O4Si/c1-6-8(14(11-4)12-5)13-9(10)7(2)3/h8,14H,2,6H2,1,3-5H3. The smallest absolute Gasteiger partial charge is 0.363 e. The molecule has 4 nitrogen and oxygen atoms in total. The van der Waals surface area contributed by atoms with Crippen LogP contribution in [0.1, 0.15) is 20.3 Å². The van der Waals surface area contributed by atoms with Crippen LogP contribution in [0.5, 0.6) is 0 Å². The second-order valence-electron chi connectivity index (χ2n) is 2.97. The van der Waals surface area contributed by atoms with E-state index in [2.05, 4.69) is 6.58 Å². The van der Waals surface area contributed by atoms with Crippen molar-refractivity contribution < 1.29 is 18.4 Å². The van der Waals surface area contributed by atoms with Gasteiger partial charge >= 0.3 is 15.3 Å². The first kappa shape index (κ1) is 13.3. The Hall–Kier alpha value is -0.653. The number of hydrogen-bond acceptors (Lipinski definition) is 4. The second kappa shape index (κ2) is 6.75. The summed E-state index contributed by atoms with van der Waals surface area (Å²) in [6.07, 6.45) is 0.692. The SMILES string of the molecule is C=C(C)C(=O)OC(CC)[SiH](OC)OC. The molecule has 0 bridgehead atoms. The molecule has 0 aromatic heterocycles. The zero-order valence-electron chi connectivity index (χ0n) is 9.20. The lowest BCUT2D eigenvalue weighted by Crippen LogP contribution is -2.38. The summed E-state index contributed by atoms with van der Waals surface area (Å²) in [5.74, 6) is -0.386. The third-order valence-corrected chi connectivity index (χ3v) is 3.92. The first-order valence-corrected chi connectivity index (χ1v) is 6.09. The highest BCUT2D eigenvalue weighted by molar-refractivity contribution is 6.46. The maximum Gasteiger partial charge on any atom is 0.363 e. The van der Waals surface area contributed by atoms with Crippen molar-refractivity contribution in [1.82, 2.24) is 0 Å². The zero-order chi connectivity index (χ0) is 11.1. The molecule has 0 saturated carbocycles. The van der Waals surface area contributed by atoms with E-state index in [1.54, 1.807) is 21.1 Å². The maximum atomic E-state index is 11.2. The summed E-state index contributed by atoms with van der Waals surface area (Å²) < 4.78 is 15.5. The number of ether oxygens (including phenoxy) is 1. The fourth-order valence-electron chi connectivity index (χ4n) is 0.969. The summed E-state index contributed by atoms with van der Waals surface area (Å²) in [6.45, 7) is 7.05. The van der Waals surface area contributed by atoms with E-state index in [-0.39, 0.29) is 11.7 Å². The van der Waals surface area contributed by atoms with Gasteiger partial charge in [-0.1, -0.05) is 13.5 Å². The predicted octanol–water partition coefficient (Wildman–Crippen LogP) is 0.937. The van der Waals surface area contributed by atoms with Gasteiger partial charge in [-0.05, 0) is 13.3 Å². The lowest BCUT2D eigenvalue weighted by atomic mass is 10.4. The molecule has 0 saturated heterocycles. The van der Waals surface area contributed by atoms with Gasteiger partial charge in [0.15, 0.2) is 0 Å². The molecule has 82 valence electrons. The minimum atomic E-state index is -1.89. The first-order chi connectivity index (χ1) is 6.56. The summed E-state index contributed by atoms with van der Waals surface area (Å²) in [4.78, 5) is 11.2. The van der Waals surface area contributed by atoms with Crippen LogP contribution in [-0.4, -0.2) is 35.2 Å². The monoisotopic (exact) mass is 218 g/mol. The number of carbonyl (C=O) groups is 1. The number of esters is 1. The molecule has 0 aliphatic rings. The van der Waals surface area contributed by atoms with Crippen LogP contribution < -0.4 is 0 Å². The van der Waals surface area contributed by atoms with Gasteiger partial charge < -0.3 is 13.6 Å². The van der Waals surface area contributed by atoms with E-state index in [4.69, 9.17) is 13.6 Å². The van der Waals surface area contributed by atoms with Crippen LogP contribution in [0.15, 0.2) is 12.2 Å². The van der Waals surface area contributed by atoms with Crippen molar-refractivity contribution in [2.75, 3.05) is 14.2 Å². The van der Waals surface area contributed by atoms with Crippen LogP contribution in [0.2, 0.25) is 0 Å². The normalized spacial score (nSPS) is 12.6. The van der Waals surface area contributed by atoms with Crippen LogP contribution in [0.3, 0.4) is 0 Å². The van der Waals surface area contributed by atoms with Crippen molar-refractivity contribution in [2.45, 2.75) is 26.0 Å². The van der Waals surface area contributed by atoms with E-state index in [1.165, 1.54) is 0 Å². The van der Waals surface area contributed by atoms with Crippen LogP contribution in [0.25, 0.3) is 0 Å². The maximum absolute atomic E-state index is 11.2. The Kier molecular flexibility index (Phi) is 6.43. The zero-order valence-corrected chi connectivity index (χ0v) is 10.4. The second-order valence-corrected chi connectivity index (χ2v) is 5.40. The van der Waals surface area contributed by atoms with E-state index >= 15 is 0 Å². The highest BCUT2D eigenvalue weighted by Gasteiger charge is 2.26. The van der Waals surface area contributed by atoms with Crippen molar-refractivity contribution in [3.8, 4) is 0 Å². The molecular weight excluding hydrogens is 200 g/mol. The summed E-state index contributed by atoms with van der Waals surface area (Å²) in [5.41, 5.74) is 0.137. The molecule has 1 unspecified atom stereocenters. The molecule has 14 heavy (non-hydrogen) atoms. The molecule has 0 amide bonds. The van der Waals surface area contributed by atoms with Crippen LogP contribution in [-0.2, 0) is 18.4 Å². The van der Waals surface area contributed by atoms with Gasteiger partial charge in [-0.2, -0.15) is 0 Å². The molecule has 0 spiro atoms. The van der Waals surface area contributed by atoms with Gasteiger partial charge in [-0.15, -0.1) is 0 Å². The van der Waals surface area contributed by atoms with Crippen LogP contribution in [0.4, 0.5) is 0 Å². The van der Waals surface area contributed by atoms with E-state index in [1.807, 2.05) is 6.92 Å². The topological polar surface area (TPSA) is 44.8 Å². The summed E-state index contributed by atoms with van der Waals surface area (Å²) in [6, 6.07) is 0. The largest absolute Gasteiger partial charge is 0.457 e. The summed E-state index contributed by atoms with van der Waals surface area (Å²) in [5, 5.41) is 0. The third-order valence-electron chi connectivity index (χ3n) is 1.78. The van der Waals surface area contributed by atoms with Crippen LogP contribution in [0, 0.1) is 0 Å². The third kappa shape index (κ3) is 4.04. The molecule has 0 aromatic rings. The average Bonchev–Trinajstić information content (AvgIpc) is 2.17. The minimum absolute atomic E-state index is 0.255. The van der Waals surface area contributed by atoms with E-state index in [9.17, 15) is 4.79 Å². The Labute approximate surface area is 86.7 Å². The molecule has 0 heterocycles. The predicted molar refractivity (Wildman–Crippen MR) is 56.2 cm³/mol. The molecule has 0 rings (SSSR count). The number of carbonyl (C=O) groups excluding carboxylic acids is 1. The van der Waals surface area contributed by atoms with Gasteiger partial charge in [0.25, 0.3) is 0 Å². The van der Waals surface area contributed by atoms with Crippen molar-refractivity contribution in [3.05, 3.63) is 12.2 Å². The van der Waals surface area contributed by atoms with Gasteiger partial charge in [0.2, 0.25) is 0 Å². The average molecular weight is 218 g/mol. The Balaban J connectivity index is 4.27. The summed E-state index contributed by atoms with van der Waals surface area (Å²) in [7, 11) is 1.25. The number of hydrogen-bond donors (Lipinski definition) is 0. The van der Waals surface area contributed by atoms with Crippen molar-refractivity contribution in [3.63, 3.8) is 0 Å². The molecule has 0 aromatic carbocycles. The van der Waals surface area contributed by atoms with Gasteiger partial charge in [0.05, 0.1) is 0 Å². The Morgan fingerprint density at radius 2 is 1.93 bits per heavy atom. The molecule has 0 aliphatic heterocycles. The molecule has 5 heteroatoms. The van der Waals surface area contributed by atoms with Gasteiger partial charge in [-0.25, -0.2) is 4.79 Å². The van der Waals surface area contributed by atoms with Crippen molar-refractivity contribution in [2.24, 2.45) is 0 Å². The van der Waals surface area contributed by atoms with Gasteiger partial charge in [0, 0.05) is 19.8 Å². The lowest BCUT2D eigenvalue weighted by molar-refractivity contribution is -0.142. The lowest BCUT2D eigenvalue weighted by Gasteiger charge is -2.21. The highest BCUT2D eigenvalue weighted by atomic mass is 28.3. The highest BCUT2D eigenvalue weighted by Crippen LogP contribution is 2.07. The quantitative estimate of drug-likeness (QED) is 0.378. The van der Waals surface area contributed by atoms with Crippen LogP contribution >= 0.6 is 0 Å².